The van der Waals surface area contributed by atoms with Gasteiger partial charge in [0.25, 0.3) is 0 Å². The van der Waals surface area contributed by atoms with E-state index in [9.17, 15) is 0 Å². The van der Waals surface area contributed by atoms with Crippen molar-refractivity contribution in [2.24, 2.45) is 0 Å². The topological polar surface area (TPSA) is 21.3 Å². The predicted molar refractivity (Wildman–Crippen MR) is 90.1 cm³/mol. The average molecular weight is 375 g/mol. The number of nitrogens with one attached hydrogen (secondary N) is 1. The number of aryl methyl sites for hydroxylation is 1. The highest BCUT2D eigenvalue weighted by molar-refractivity contribution is 9.10. The van der Waals surface area contributed by atoms with Crippen molar-refractivity contribution in [1.82, 2.24) is 5.32 Å². The molecule has 0 radical (unpaired) electrons. The van der Waals surface area contributed by atoms with Gasteiger partial charge < -0.3 is 10.1 Å². The molecule has 0 unspecified atom stereocenters. The van der Waals surface area contributed by atoms with Crippen molar-refractivity contribution in [3.63, 3.8) is 0 Å². The number of hydrogen-bond donors (Lipinski definition) is 1. The van der Waals surface area contributed by atoms with Crippen LogP contribution in [0.3, 0.4) is 0 Å². The van der Waals surface area contributed by atoms with Crippen molar-refractivity contribution in [2.75, 3.05) is 13.2 Å². The maximum atomic E-state index is 6.08. The quantitative estimate of drug-likeness (QED) is 0.696. The van der Waals surface area contributed by atoms with Gasteiger partial charge in [-0.05, 0) is 52.2 Å². The van der Waals surface area contributed by atoms with Crippen LogP contribution in [0, 0.1) is 0 Å². The molecule has 0 amide bonds. The molecular formula is C15H17BrClNOS. The first-order chi connectivity index (χ1) is 9.69. The Kier molecular flexibility index (Phi) is 6.36. The molecule has 1 aromatic heterocycles. The Morgan fingerprint density at radius 1 is 1.35 bits per heavy atom. The third-order valence-electron chi connectivity index (χ3n) is 2.87. The summed E-state index contributed by atoms with van der Waals surface area (Å²) in [6.07, 6.45) is 0.918. The molecule has 0 spiro atoms. The van der Waals surface area contributed by atoms with Gasteiger partial charge in [-0.1, -0.05) is 18.5 Å². The molecule has 0 aliphatic rings. The summed E-state index contributed by atoms with van der Waals surface area (Å²) in [6.45, 7) is 4.43. The molecule has 0 saturated carbocycles. The molecule has 0 atom stereocenters. The van der Waals surface area contributed by atoms with Crippen LogP contribution in [0.5, 0.6) is 5.75 Å². The summed E-state index contributed by atoms with van der Waals surface area (Å²) in [4.78, 5) is 1.32. The first-order valence-electron chi connectivity index (χ1n) is 6.54. The van der Waals surface area contributed by atoms with E-state index in [2.05, 4.69) is 39.6 Å². The summed E-state index contributed by atoms with van der Waals surface area (Å²) in [5, 5.41) is 6.26. The molecule has 0 aliphatic heterocycles. The lowest BCUT2D eigenvalue weighted by Gasteiger charge is -2.09. The van der Waals surface area contributed by atoms with Crippen LogP contribution in [0.1, 0.15) is 17.4 Å². The van der Waals surface area contributed by atoms with Crippen LogP contribution in [0.25, 0.3) is 0 Å². The predicted octanol–water partition coefficient (Wildman–Crippen LogP) is 4.90. The van der Waals surface area contributed by atoms with Crippen LogP contribution >= 0.6 is 38.9 Å². The largest absolute Gasteiger partial charge is 0.492 e. The molecule has 1 N–H and O–H groups in total. The number of thiophene rings is 1. The zero-order valence-corrected chi connectivity index (χ0v) is 14.4. The van der Waals surface area contributed by atoms with E-state index in [0.29, 0.717) is 6.61 Å². The normalized spacial score (nSPS) is 10.8. The number of hydrogen-bond acceptors (Lipinski definition) is 3. The summed E-state index contributed by atoms with van der Waals surface area (Å²) in [5.41, 5.74) is 1.13. The maximum Gasteiger partial charge on any atom is 0.119 e. The fraction of sp³-hybridized carbons (Fsp3) is 0.333. The van der Waals surface area contributed by atoms with E-state index in [-0.39, 0.29) is 0 Å². The van der Waals surface area contributed by atoms with Gasteiger partial charge in [-0.3, -0.25) is 0 Å². The third-order valence-corrected chi connectivity index (χ3v) is 4.93. The van der Waals surface area contributed by atoms with Crippen molar-refractivity contribution < 1.29 is 4.74 Å². The molecule has 2 aromatic rings. The first-order valence-corrected chi connectivity index (χ1v) is 8.59. The van der Waals surface area contributed by atoms with Gasteiger partial charge in [-0.25, -0.2) is 0 Å². The Morgan fingerprint density at radius 2 is 2.20 bits per heavy atom. The molecule has 0 saturated heterocycles. The maximum absolute atomic E-state index is 6.08. The van der Waals surface area contributed by atoms with Crippen LogP contribution < -0.4 is 10.1 Å². The minimum atomic E-state index is 0.650. The van der Waals surface area contributed by atoms with E-state index in [1.807, 2.05) is 18.2 Å². The smallest absolute Gasteiger partial charge is 0.119 e. The fourth-order valence-electron chi connectivity index (χ4n) is 1.81. The Labute approximate surface area is 137 Å². The molecule has 0 fully saturated rings. The van der Waals surface area contributed by atoms with Crippen LogP contribution in [0.2, 0.25) is 5.02 Å². The van der Waals surface area contributed by atoms with E-state index >= 15 is 0 Å². The standard InChI is InChI=1S/C15H17BrClNOS/c1-2-11-7-13(3-4-15(11)17)19-6-5-18-9-14-8-12(16)10-20-14/h3-4,7-8,10,18H,2,5-6,9H2,1H3. The Morgan fingerprint density at radius 3 is 2.90 bits per heavy atom. The number of halogens is 2. The van der Waals surface area contributed by atoms with Crippen LogP contribution in [-0.2, 0) is 13.0 Å². The molecule has 1 aromatic carbocycles. The van der Waals surface area contributed by atoms with E-state index in [1.54, 1.807) is 11.3 Å². The van der Waals surface area contributed by atoms with Crippen molar-refractivity contribution in [1.29, 1.82) is 0 Å². The fourth-order valence-corrected chi connectivity index (χ4v) is 3.48. The number of ether oxygens (including phenoxy) is 1. The zero-order chi connectivity index (χ0) is 14.4. The third kappa shape index (κ3) is 4.77. The molecule has 0 bridgehead atoms. The summed E-state index contributed by atoms with van der Waals surface area (Å²) in [7, 11) is 0. The highest BCUT2D eigenvalue weighted by Crippen LogP contribution is 2.22. The van der Waals surface area contributed by atoms with Crippen LogP contribution in [-0.4, -0.2) is 13.2 Å². The molecule has 0 aliphatic carbocycles. The monoisotopic (exact) mass is 373 g/mol. The SMILES string of the molecule is CCc1cc(OCCNCc2cc(Br)cs2)ccc1Cl. The molecule has 1 heterocycles. The van der Waals surface area contributed by atoms with Crippen LogP contribution in [0.4, 0.5) is 0 Å². The summed E-state index contributed by atoms with van der Waals surface area (Å²) >= 11 is 11.3. The lowest BCUT2D eigenvalue weighted by molar-refractivity contribution is 0.313. The van der Waals surface area contributed by atoms with Gasteiger partial charge in [0.2, 0.25) is 0 Å². The second kappa shape index (κ2) is 8.03. The second-order valence-corrected chi connectivity index (χ2v) is 6.68. The summed E-state index contributed by atoms with van der Waals surface area (Å²) in [5.74, 6) is 0.881. The Balaban J connectivity index is 1.70. The highest BCUT2D eigenvalue weighted by Gasteiger charge is 2.01. The van der Waals surface area contributed by atoms with Gasteiger partial charge >= 0.3 is 0 Å². The van der Waals surface area contributed by atoms with Crippen molar-refractivity contribution in [3.8, 4) is 5.75 Å². The van der Waals surface area contributed by atoms with E-state index in [4.69, 9.17) is 16.3 Å². The minimum Gasteiger partial charge on any atom is -0.492 e. The molecule has 2 rings (SSSR count). The van der Waals surface area contributed by atoms with Gasteiger partial charge in [-0.2, -0.15) is 0 Å². The lowest BCUT2D eigenvalue weighted by Crippen LogP contribution is -2.20. The highest BCUT2D eigenvalue weighted by atomic mass is 79.9. The number of benzene rings is 1. The molecule has 5 heteroatoms. The van der Waals surface area contributed by atoms with E-state index in [1.165, 1.54) is 4.88 Å². The van der Waals surface area contributed by atoms with E-state index < -0.39 is 0 Å². The summed E-state index contributed by atoms with van der Waals surface area (Å²) < 4.78 is 6.86. The van der Waals surface area contributed by atoms with Crippen LogP contribution in [0.15, 0.2) is 34.1 Å². The molecular weight excluding hydrogens is 358 g/mol. The second-order valence-electron chi connectivity index (χ2n) is 4.36. The van der Waals surface area contributed by atoms with Gasteiger partial charge in [0.15, 0.2) is 0 Å². The van der Waals surface area contributed by atoms with Crippen molar-refractivity contribution >= 4 is 38.9 Å². The summed E-state index contributed by atoms with van der Waals surface area (Å²) in [6, 6.07) is 7.95. The molecule has 20 heavy (non-hydrogen) atoms. The van der Waals surface area contributed by atoms with E-state index in [0.717, 1.165) is 40.3 Å². The van der Waals surface area contributed by atoms with Gasteiger partial charge in [0.1, 0.15) is 12.4 Å². The molecule has 2 nitrogen and oxygen atoms in total. The van der Waals surface area contributed by atoms with Crippen molar-refractivity contribution in [2.45, 2.75) is 19.9 Å². The van der Waals surface area contributed by atoms with Gasteiger partial charge in [-0.15, -0.1) is 11.3 Å². The van der Waals surface area contributed by atoms with Gasteiger partial charge in [0.05, 0.1) is 0 Å². The first kappa shape index (κ1) is 15.8. The Hall–Kier alpha value is -0.550. The minimum absolute atomic E-state index is 0.650. The Bertz CT molecular complexity index is 559. The lowest BCUT2D eigenvalue weighted by atomic mass is 10.1. The average Bonchev–Trinajstić information content (AvgIpc) is 2.86. The molecule has 108 valence electrons. The van der Waals surface area contributed by atoms with Crippen molar-refractivity contribution in [3.05, 3.63) is 49.6 Å². The number of rotatable bonds is 7. The van der Waals surface area contributed by atoms with Gasteiger partial charge in [0, 0.05) is 32.8 Å². The zero-order valence-electron chi connectivity index (χ0n) is 11.3.